The molecule has 1 amide bonds. The molecule has 2 aromatic rings. The van der Waals surface area contributed by atoms with Gasteiger partial charge < -0.3 is 24.5 Å². The van der Waals surface area contributed by atoms with Gasteiger partial charge in [0.1, 0.15) is 0 Å². The van der Waals surface area contributed by atoms with Crippen molar-refractivity contribution in [2.45, 2.75) is 46.6 Å². The van der Waals surface area contributed by atoms with Gasteiger partial charge in [-0.25, -0.2) is 0 Å². The summed E-state index contributed by atoms with van der Waals surface area (Å²) in [6, 6.07) is 11.5. The van der Waals surface area contributed by atoms with E-state index in [4.69, 9.17) is 4.74 Å². The van der Waals surface area contributed by atoms with Crippen molar-refractivity contribution in [1.82, 2.24) is 9.80 Å². The fourth-order valence-corrected chi connectivity index (χ4v) is 4.23. The molecule has 0 bridgehead atoms. The Balaban J connectivity index is 1.97. The van der Waals surface area contributed by atoms with E-state index >= 15 is 0 Å². The Labute approximate surface area is 186 Å². The van der Waals surface area contributed by atoms with Crippen LogP contribution in [0.4, 0.5) is 11.4 Å². The Morgan fingerprint density at radius 1 is 1.06 bits per heavy atom. The lowest BCUT2D eigenvalue weighted by Crippen LogP contribution is -2.35. The Morgan fingerprint density at radius 2 is 1.81 bits per heavy atom. The largest absolute Gasteiger partial charge is 0.504 e. The fraction of sp³-hybridized carbons (Fsp3) is 0.480. The predicted octanol–water partition coefficient (Wildman–Crippen LogP) is 5.24. The van der Waals surface area contributed by atoms with Gasteiger partial charge in [-0.15, -0.1) is 0 Å². The smallest absolute Gasteiger partial charge is 0.253 e. The van der Waals surface area contributed by atoms with E-state index in [0.717, 1.165) is 37.3 Å². The van der Waals surface area contributed by atoms with Gasteiger partial charge in [0.05, 0.1) is 11.4 Å². The van der Waals surface area contributed by atoms with E-state index < -0.39 is 0 Å². The Kier molecular flexibility index (Phi) is 7.44. The van der Waals surface area contributed by atoms with Crippen molar-refractivity contribution in [1.29, 1.82) is 0 Å². The van der Waals surface area contributed by atoms with Crippen LogP contribution >= 0.6 is 0 Å². The second-order valence-electron chi connectivity index (χ2n) is 7.96. The molecule has 0 aliphatic carbocycles. The molecule has 1 N–H and O–H groups in total. The highest BCUT2D eigenvalue weighted by Gasteiger charge is 2.28. The molecular formula is C25H35N3O3. The number of nitrogens with zero attached hydrogens (tertiary/aromatic N) is 3. The lowest BCUT2D eigenvalue weighted by atomic mass is 10.1. The van der Waals surface area contributed by atoms with Crippen LogP contribution < -0.4 is 9.64 Å². The number of anilines is 2. The van der Waals surface area contributed by atoms with Crippen molar-refractivity contribution in [2.24, 2.45) is 0 Å². The van der Waals surface area contributed by atoms with Gasteiger partial charge in [-0.3, -0.25) is 4.79 Å². The van der Waals surface area contributed by atoms with Crippen LogP contribution in [0, 0.1) is 0 Å². The number of phenols is 1. The minimum absolute atomic E-state index is 0.0124. The van der Waals surface area contributed by atoms with Crippen molar-refractivity contribution in [3.05, 3.63) is 42.0 Å². The second-order valence-corrected chi connectivity index (χ2v) is 7.96. The molecule has 0 aromatic heterocycles. The third kappa shape index (κ3) is 4.64. The molecule has 0 saturated heterocycles. The maximum atomic E-state index is 12.9. The molecule has 1 aliphatic rings. The molecule has 1 unspecified atom stereocenters. The summed E-state index contributed by atoms with van der Waals surface area (Å²) in [5, 5.41) is 10.5. The summed E-state index contributed by atoms with van der Waals surface area (Å²) in [6.07, 6.45) is 2.06. The molecule has 1 aliphatic heterocycles. The maximum Gasteiger partial charge on any atom is 0.253 e. The zero-order valence-electron chi connectivity index (χ0n) is 19.4. The van der Waals surface area contributed by atoms with Gasteiger partial charge in [0, 0.05) is 31.2 Å². The van der Waals surface area contributed by atoms with E-state index in [9.17, 15) is 9.90 Å². The van der Waals surface area contributed by atoms with Gasteiger partial charge in [-0.1, -0.05) is 19.9 Å². The molecule has 0 radical (unpaired) electrons. The number of para-hydroxylation sites is 1. The van der Waals surface area contributed by atoms with E-state index in [1.54, 1.807) is 17.0 Å². The van der Waals surface area contributed by atoms with Crippen molar-refractivity contribution in [2.75, 3.05) is 38.1 Å². The van der Waals surface area contributed by atoms with Gasteiger partial charge in [-0.05, 0) is 70.6 Å². The van der Waals surface area contributed by atoms with Gasteiger partial charge in [0.2, 0.25) is 0 Å². The summed E-state index contributed by atoms with van der Waals surface area (Å²) in [5.74, 6) is 1.14. The first-order valence-electron chi connectivity index (χ1n) is 11.4. The van der Waals surface area contributed by atoms with Gasteiger partial charge in [0.25, 0.3) is 5.91 Å². The summed E-state index contributed by atoms with van der Waals surface area (Å²) >= 11 is 0. The molecule has 0 fully saturated rings. The Bertz CT molecular complexity index is 911. The molecule has 1 heterocycles. The predicted molar refractivity (Wildman–Crippen MR) is 126 cm³/mol. The highest BCUT2D eigenvalue weighted by atomic mass is 16.5. The van der Waals surface area contributed by atoms with Crippen LogP contribution in [0.15, 0.2) is 36.4 Å². The molecule has 3 rings (SSSR count). The zero-order chi connectivity index (χ0) is 22.5. The minimum atomic E-state index is -0.0124. The van der Waals surface area contributed by atoms with Crippen LogP contribution in [0.25, 0.3) is 0 Å². The fourth-order valence-electron chi connectivity index (χ4n) is 4.23. The molecule has 168 valence electrons. The molecule has 2 aromatic carbocycles. The van der Waals surface area contributed by atoms with Crippen molar-refractivity contribution in [3.63, 3.8) is 0 Å². The van der Waals surface area contributed by atoms with E-state index in [2.05, 4.69) is 30.7 Å². The van der Waals surface area contributed by atoms with Crippen LogP contribution in [0.3, 0.4) is 0 Å². The summed E-state index contributed by atoms with van der Waals surface area (Å²) in [6.45, 7) is 11.5. The topological polar surface area (TPSA) is 56.3 Å². The monoisotopic (exact) mass is 425 g/mol. The van der Waals surface area contributed by atoms with Crippen LogP contribution in [-0.4, -0.2) is 60.1 Å². The number of phenolic OH excluding ortho intramolecular Hbond substituents is 1. The molecule has 0 saturated carbocycles. The SMILES string of the molecule is CCC(CCN1c2ccc(C(=O)N(CC)CC)cc2Oc2c(O)cccc21)N(C)CC. The van der Waals surface area contributed by atoms with E-state index in [1.165, 1.54) is 0 Å². The Morgan fingerprint density at radius 3 is 2.45 bits per heavy atom. The highest BCUT2D eigenvalue weighted by molar-refractivity contribution is 5.96. The molecule has 31 heavy (non-hydrogen) atoms. The molecule has 0 spiro atoms. The summed E-state index contributed by atoms with van der Waals surface area (Å²) in [7, 11) is 2.16. The minimum Gasteiger partial charge on any atom is -0.504 e. The number of hydrogen-bond donors (Lipinski definition) is 1. The average Bonchev–Trinajstić information content (AvgIpc) is 2.79. The average molecular weight is 426 g/mol. The first-order valence-corrected chi connectivity index (χ1v) is 11.4. The van der Waals surface area contributed by atoms with E-state index in [-0.39, 0.29) is 11.7 Å². The lowest BCUT2D eigenvalue weighted by molar-refractivity contribution is 0.0772. The second kappa shape index (κ2) is 10.1. The first-order chi connectivity index (χ1) is 14.9. The molecule has 6 heteroatoms. The van der Waals surface area contributed by atoms with Crippen molar-refractivity contribution < 1.29 is 14.6 Å². The molecule has 1 atom stereocenters. The van der Waals surface area contributed by atoms with Gasteiger partial charge in [0.15, 0.2) is 17.2 Å². The number of rotatable bonds is 9. The van der Waals surface area contributed by atoms with Crippen LogP contribution in [0.1, 0.15) is 50.9 Å². The quantitative estimate of drug-likeness (QED) is 0.595. The number of fused-ring (bicyclic) bond motifs is 2. The zero-order valence-corrected chi connectivity index (χ0v) is 19.4. The lowest BCUT2D eigenvalue weighted by Gasteiger charge is -2.35. The first kappa shape index (κ1) is 22.9. The van der Waals surface area contributed by atoms with Crippen LogP contribution in [0.2, 0.25) is 0 Å². The molecular weight excluding hydrogens is 390 g/mol. The van der Waals surface area contributed by atoms with E-state index in [0.29, 0.717) is 36.2 Å². The van der Waals surface area contributed by atoms with Gasteiger partial charge >= 0.3 is 0 Å². The number of amides is 1. The standard InChI is InChI=1S/C25H35N3O3/c1-6-19(26(5)7-2)15-16-28-20-14-13-18(25(30)27(8-3)9-4)17-23(20)31-24-21(28)11-10-12-22(24)29/h10-14,17,19,29H,6-9,15-16H2,1-5H3. The summed E-state index contributed by atoms with van der Waals surface area (Å²) < 4.78 is 6.11. The number of aromatic hydroxyl groups is 1. The molecule has 6 nitrogen and oxygen atoms in total. The van der Waals surface area contributed by atoms with Crippen LogP contribution in [0.5, 0.6) is 17.2 Å². The number of carbonyl (C=O) groups is 1. The third-order valence-corrected chi connectivity index (χ3v) is 6.30. The van der Waals surface area contributed by atoms with Crippen molar-refractivity contribution in [3.8, 4) is 17.2 Å². The number of carbonyl (C=O) groups excluding carboxylic acids is 1. The highest BCUT2D eigenvalue weighted by Crippen LogP contribution is 2.50. The number of hydrogen-bond acceptors (Lipinski definition) is 5. The number of benzene rings is 2. The van der Waals surface area contributed by atoms with E-state index in [1.807, 2.05) is 38.1 Å². The van der Waals surface area contributed by atoms with Gasteiger partial charge in [-0.2, -0.15) is 0 Å². The maximum absolute atomic E-state index is 12.9. The van der Waals surface area contributed by atoms with Crippen molar-refractivity contribution >= 4 is 17.3 Å². The van der Waals surface area contributed by atoms with Crippen LogP contribution in [-0.2, 0) is 0 Å². The Hall–Kier alpha value is -2.73. The number of ether oxygens (including phenoxy) is 1. The summed E-state index contributed by atoms with van der Waals surface area (Å²) in [5.41, 5.74) is 2.37. The normalized spacial score (nSPS) is 13.4. The summed E-state index contributed by atoms with van der Waals surface area (Å²) in [4.78, 5) is 19.2. The third-order valence-electron chi connectivity index (χ3n) is 6.30.